The van der Waals surface area contributed by atoms with E-state index in [4.69, 9.17) is 4.74 Å². The van der Waals surface area contributed by atoms with Gasteiger partial charge in [0.2, 0.25) is 0 Å². The third-order valence-electron chi connectivity index (χ3n) is 7.47. The van der Waals surface area contributed by atoms with E-state index in [0.717, 1.165) is 34.9 Å². The molecular formula is C34H38N6O3. The summed E-state index contributed by atoms with van der Waals surface area (Å²) < 4.78 is 9.17. The predicted molar refractivity (Wildman–Crippen MR) is 172 cm³/mol. The number of nitrogens with one attached hydrogen (secondary N) is 2. The van der Waals surface area contributed by atoms with Gasteiger partial charge in [-0.25, -0.2) is 9.78 Å². The van der Waals surface area contributed by atoms with E-state index in [0.29, 0.717) is 35.6 Å². The lowest BCUT2D eigenvalue weighted by Crippen LogP contribution is -2.30. The largest absolute Gasteiger partial charge is 0.497 e. The molecule has 3 aromatic heterocycles. The van der Waals surface area contributed by atoms with Crippen molar-refractivity contribution in [2.45, 2.75) is 59.0 Å². The molecule has 0 radical (unpaired) electrons. The Hall–Kier alpha value is -4.92. The number of nitrogens with zero attached hydrogens (tertiary/aromatic N) is 4. The van der Waals surface area contributed by atoms with Crippen molar-refractivity contribution in [1.82, 2.24) is 19.1 Å². The van der Waals surface area contributed by atoms with Gasteiger partial charge < -0.3 is 24.5 Å². The van der Waals surface area contributed by atoms with Crippen LogP contribution in [-0.2, 0) is 18.5 Å². The second-order valence-electron chi connectivity index (χ2n) is 11.6. The molecule has 43 heavy (non-hydrogen) atoms. The van der Waals surface area contributed by atoms with Crippen molar-refractivity contribution in [1.29, 1.82) is 0 Å². The second kappa shape index (κ2) is 12.5. The summed E-state index contributed by atoms with van der Waals surface area (Å²) in [5.41, 5.74) is 4.45. The minimum atomic E-state index is -0.498. The normalized spacial score (nSPS) is 11.5. The summed E-state index contributed by atoms with van der Waals surface area (Å²) in [6, 6.07) is 15.0. The van der Waals surface area contributed by atoms with Gasteiger partial charge in [0.05, 0.1) is 25.2 Å². The Morgan fingerprint density at radius 1 is 1.02 bits per heavy atom. The van der Waals surface area contributed by atoms with E-state index >= 15 is 0 Å². The van der Waals surface area contributed by atoms with E-state index in [2.05, 4.69) is 54.4 Å². The highest BCUT2D eigenvalue weighted by atomic mass is 16.5. The van der Waals surface area contributed by atoms with E-state index in [1.165, 1.54) is 0 Å². The quantitative estimate of drug-likeness (QED) is 0.195. The number of ether oxygens (including phenoxy) is 1. The number of methoxy groups -OCH3 is 1. The number of amides is 2. The number of carbonyl (C=O) groups is 1. The van der Waals surface area contributed by atoms with E-state index in [1.807, 2.05) is 53.2 Å². The standard InChI is InChI=1S/C34H38N6O3/c1-6-7-16-40-29-20-35-14-13-26(29)30(24-9-8-10-25(19-24)43-5)31(32(40)41)38-33(42)37-28-18-23(21-39-17-15-36-22-39)11-12-27(28)34(2,3)4/h8-15,17-20,22H,6-7,16,21H2,1-5H3,(H2,37,38,42). The van der Waals surface area contributed by atoms with Crippen LogP contribution in [0.15, 0.2) is 84.4 Å². The first kappa shape index (κ1) is 29.6. The molecule has 0 saturated heterocycles. The monoisotopic (exact) mass is 578 g/mol. The number of fused-ring (bicyclic) bond motifs is 1. The Morgan fingerprint density at radius 2 is 1.86 bits per heavy atom. The van der Waals surface area contributed by atoms with Crippen LogP contribution in [0.5, 0.6) is 5.75 Å². The van der Waals surface area contributed by atoms with Gasteiger partial charge in [-0.2, -0.15) is 0 Å². The van der Waals surface area contributed by atoms with Crippen molar-refractivity contribution in [2.24, 2.45) is 0 Å². The van der Waals surface area contributed by atoms with Crippen molar-refractivity contribution in [2.75, 3.05) is 17.7 Å². The lowest BCUT2D eigenvalue weighted by atomic mass is 9.85. The van der Waals surface area contributed by atoms with Crippen LogP contribution < -0.4 is 20.9 Å². The van der Waals surface area contributed by atoms with Crippen LogP contribution in [0, 0.1) is 0 Å². The van der Waals surface area contributed by atoms with Crippen molar-refractivity contribution in [3.63, 3.8) is 0 Å². The molecule has 2 amide bonds. The summed E-state index contributed by atoms with van der Waals surface area (Å²) in [6.45, 7) is 9.51. The molecule has 9 heteroatoms. The molecule has 222 valence electrons. The Labute approximate surface area is 251 Å². The minimum absolute atomic E-state index is 0.201. The van der Waals surface area contributed by atoms with Gasteiger partial charge in [0.25, 0.3) is 5.56 Å². The molecule has 0 aliphatic rings. The summed E-state index contributed by atoms with van der Waals surface area (Å²) in [5, 5.41) is 6.83. The first-order valence-electron chi connectivity index (χ1n) is 14.5. The van der Waals surface area contributed by atoms with Crippen molar-refractivity contribution < 1.29 is 9.53 Å². The molecule has 2 aromatic carbocycles. The van der Waals surface area contributed by atoms with Crippen LogP contribution in [0.3, 0.4) is 0 Å². The zero-order valence-electron chi connectivity index (χ0n) is 25.3. The Bertz CT molecular complexity index is 1800. The van der Waals surface area contributed by atoms with Gasteiger partial charge in [0, 0.05) is 48.3 Å². The highest BCUT2D eigenvalue weighted by Crippen LogP contribution is 2.36. The number of aromatic nitrogens is 4. The smallest absolute Gasteiger partial charge is 0.323 e. The molecule has 0 aliphatic heterocycles. The molecule has 9 nitrogen and oxygen atoms in total. The fourth-order valence-corrected chi connectivity index (χ4v) is 5.34. The SMILES string of the molecule is CCCCn1c(=O)c(NC(=O)Nc2cc(Cn3ccnc3)ccc2C(C)(C)C)c(-c2cccc(OC)c2)c2ccncc21. The molecule has 0 spiro atoms. The maximum Gasteiger partial charge on any atom is 0.323 e. The van der Waals surface area contributed by atoms with Crippen LogP contribution in [0.1, 0.15) is 51.7 Å². The van der Waals surface area contributed by atoms with E-state index < -0.39 is 6.03 Å². The Kier molecular flexibility index (Phi) is 8.61. The number of urea groups is 1. The predicted octanol–water partition coefficient (Wildman–Crippen LogP) is 7.06. The zero-order valence-corrected chi connectivity index (χ0v) is 25.3. The number of benzene rings is 2. The molecule has 2 N–H and O–H groups in total. The average Bonchev–Trinajstić information content (AvgIpc) is 3.50. The van der Waals surface area contributed by atoms with E-state index in [9.17, 15) is 9.59 Å². The lowest BCUT2D eigenvalue weighted by molar-refractivity contribution is 0.262. The molecule has 0 fully saturated rings. The van der Waals surface area contributed by atoms with Crippen LogP contribution >= 0.6 is 0 Å². The number of carbonyl (C=O) groups excluding carboxylic acids is 1. The van der Waals surface area contributed by atoms with E-state index in [1.54, 1.807) is 36.6 Å². The summed E-state index contributed by atoms with van der Waals surface area (Å²) >= 11 is 0. The van der Waals surface area contributed by atoms with Crippen molar-refractivity contribution in [3.05, 3.63) is 101 Å². The number of imidazole rings is 1. The van der Waals surface area contributed by atoms with Gasteiger partial charge in [-0.1, -0.05) is 58.4 Å². The number of aryl methyl sites for hydroxylation is 1. The lowest BCUT2D eigenvalue weighted by Gasteiger charge is -2.24. The van der Waals surface area contributed by atoms with Gasteiger partial charge in [0.1, 0.15) is 11.4 Å². The number of hydrogen-bond donors (Lipinski definition) is 2. The fourth-order valence-electron chi connectivity index (χ4n) is 5.34. The van der Waals surface area contributed by atoms with Crippen molar-refractivity contribution >= 4 is 28.3 Å². The molecule has 0 atom stereocenters. The summed E-state index contributed by atoms with van der Waals surface area (Å²) in [6.07, 6.45) is 10.5. The third kappa shape index (κ3) is 6.45. The minimum Gasteiger partial charge on any atom is -0.497 e. The van der Waals surface area contributed by atoms with Gasteiger partial charge in [-0.05, 0) is 52.8 Å². The highest BCUT2D eigenvalue weighted by molar-refractivity contribution is 6.08. The molecule has 5 aromatic rings. The van der Waals surface area contributed by atoms with Gasteiger partial charge >= 0.3 is 6.03 Å². The number of pyridine rings is 2. The molecule has 0 aliphatic carbocycles. The molecular weight excluding hydrogens is 540 g/mol. The first-order chi connectivity index (χ1) is 20.7. The van der Waals surface area contributed by atoms with Gasteiger partial charge in [0.15, 0.2) is 0 Å². The molecule has 3 heterocycles. The van der Waals surface area contributed by atoms with Crippen LogP contribution in [0.25, 0.3) is 22.0 Å². The number of rotatable bonds is 9. The van der Waals surface area contributed by atoms with Crippen molar-refractivity contribution in [3.8, 4) is 16.9 Å². The molecule has 5 rings (SSSR count). The number of unbranched alkanes of at least 4 members (excludes halogenated alkanes) is 1. The maximum absolute atomic E-state index is 14.1. The van der Waals surface area contributed by atoms with Crippen LogP contribution in [-0.4, -0.2) is 32.2 Å². The zero-order chi connectivity index (χ0) is 30.6. The maximum atomic E-state index is 14.1. The molecule has 0 unspecified atom stereocenters. The number of anilines is 2. The Balaban J connectivity index is 1.60. The molecule has 0 saturated carbocycles. The first-order valence-corrected chi connectivity index (χ1v) is 14.5. The Morgan fingerprint density at radius 3 is 2.58 bits per heavy atom. The summed E-state index contributed by atoms with van der Waals surface area (Å²) in [5.74, 6) is 0.648. The van der Waals surface area contributed by atoms with E-state index in [-0.39, 0.29) is 16.7 Å². The average molecular weight is 579 g/mol. The second-order valence-corrected chi connectivity index (χ2v) is 11.6. The summed E-state index contributed by atoms with van der Waals surface area (Å²) in [4.78, 5) is 36.4. The van der Waals surface area contributed by atoms with Gasteiger partial charge in [-0.15, -0.1) is 0 Å². The topological polar surface area (TPSA) is 103 Å². The summed E-state index contributed by atoms with van der Waals surface area (Å²) in [7, 11) is 1.60. The highest BCUT2D eigenvalue weighted by Gasteiger charge is 2.23. The van der Waals surface area contributed by atoms with Gasteiger partial charge in [-0.3, -0.25) is 9.78 Å². The fraction of sp³-hybridized carbons (Fsp3) is 0.294. The van der Waals surface area contributed by atoms with Crippen LogP contribution in [0.2, 0.25) is 0 Å². The third-order valence-corrected chi connectivity index (χ3v) is 7.47. The van der Waals surface area contributed by atoms with Crippen LogP contribution in [0.4, 0.5) is 16.2 Å². The number of hydrogen-bond acceptors (Lipinski definition) is 5. The molecule has 0 bridgehead atoms.